The Hall–Kier alpha value is -2.88. The first-order valence-electron chi connectivity index (χ1n) is 7.70. The van der Waals surface area contributed by atoms with E-state index in [1.807, 2.05) is 49.7 Å². The molecule has 0 saturated carbocycles. The van der Waals surface area contributed by atoms with Gasteiger partial charge in [0.1, 0.15) is 5.82 Å². The van der Waals surface area contributed by atoms with Crippen molar-refractivity contribution in [3.8, 4) is 0 Å². The molecule has 10 heteroatoms. The third-order valence-corrected chi connectivity index (χ3v) is 4.76. The lowest BCUT2D eigenvalue weighted by Crippen LogP contribution is -2.16. The monoisotopic (exact) mass is 355 g/mol. The van der Waals surface area contributed by atoms with Crippen LogP contribution in [0.4, 0.5) is 11.9 Å². The van der Waals surface area contributed by atoms with Crippen molar-refractivity contribution >= 4 is 40.5 Å². The molecule has 0 fully saturated rings. The number of nitrogens with zero attached hydrogens (tertiary/aromatic N) is 7. The molecule has 0 spiro atoms. The number of thioether (sulfide) groups is 1. The van der Waals surface area contributed by atoms with Gasteiger partial charge in [-0.25, -0.2) is 10.1 Å². The molecule has 3 heterocycles. The molecule has 1 atom stereocenters. The van der Waals surface area contributed by atoms with Crippen LogP contribution >= 0.6 is 11.8 Å². The van der Waals surface area contributed by atoms with Gasteiger partial charge < -0.3 is 10.6 Å². The number of imidazole rings is 1. The molecule has 4 rings (SSSR count). The number of aromatic nitrogens is 7. The number of hydrogen-bond acceptors (Lipinski definition) is 8. The lowest BCUT2D eigenvalue weighted by molar-refractivity contribution is 0.855. The second-order valence-electron chi connectivity index (χ2n) is 5.77. The Morgan fingerprint density at radius 3 is 2.76 bits per heavy atom. The number of fused-ring (bicyclic) bond motifs is 3. The van der Waals surface area contributed by atoms with Gasteiger partial charge in [-0.15, -0.1) is 5.10 Å². The zero-order chi connectivity index (χ0) is 17.6. The van der Waals surface area contributed by atoms with Gasteiger partial charge in [-0.2, -0.15) is 15.0 Å². The molecule has 1 unspecified atom stereocenters. The van der Waals surface area contributed by atoms with E-state index in [0.717, 1.165) is 16.2 Å². The highest BCUT2D eigenvalue weighted by atomic mass is 32.2. The molecule has 128 valence electrons. The van der Waals surface area contributed by atoms with E-state index >= 15 is 0 Å². The van der Waals surface area contributed by atoms with Crippen molar-refractivity contribution in [3.05, 3.63) is 30.1 Å². The van der Waals surface area contributed by atoms with E-state index in [0.29, 0.717) is 17.6 Å². The average Bonchev–Trinajstić information content (AvgIpc) is 3.14. The van der Waals surface area contributed by atoms with E-state index in [9.17, 15) is 0 Å². The fourth-order valence-electron chi connectivity index (χ4n) is 2.51. The number of H-pyrrole nitrogens is 1. The van der Waals surface area contributed by atoms with Gasteiger partial charge in [0.2, 0.25) is 17.7 Å². The summed E-state index contributed by atoms with van der Waals surface area (Å²) in [7, 11) is 3.73. The number of nitrogens with two attached hydrogens (primary N) is 1. The van der Waals surface area contributed by atoms with Crippen LogP contribution < -0.4 is 10.6 Å². The standard InChI is InChI=1S/C15H17N9S/c1-8(11-18-12(16)20-13(19-11)23(2)3)25-15-22-21-14-17-9-6-4-5-7-10(9)24(14)15/h4-8H,1-3H3,(H,17,21)(H2,16,18,19,20). The molecular formula is C15H17N9S. The molecule has 1 aromatic carbocycles. The lowest BCUT2D eigenvalue weighted by Gasteiger charge is -2.14. The normalized spacial score (nSPS) is 12.8. The highest BCUT2D eigenvalue weighted by Gasteiger charge is 2.19. The van der Waals surface area contributed by atoms with Gasteiger partial charge in [0.05, 0.1) is 16.3 Å². The Kier molecular flexibility index (Phi) is 3.68. The summed E-state index contributed by atoms with van der Waals surface area (Å²) in [5.41, 5.74) is 7.75. The molecule has 0 radical (unpaired) electrons. The molecule has 4 aromatic rings. The summed E-state index contributed by atoms with van der Waals surface area (Å²) in [6.07, 6.45) is 0. The largest absolute Gasteiger partial charge is 0.368 e. The van der Waals surface area contributed by atoms with Crippen LogP contribution in [-0.4, -0.2) is 48.6 Å². The molecule has 3 aromatic heterocycles. The summed E-state index contributed by atoms with van der Waals surface area (Å²) in [5, 5.41) is 8.08. The molecule has 25 heavy (non-hydrogen) atoms. The Morgan fingerprint density at radius 1 is 1.16 bits per heavy atom. The van der Waals surface area contributed by atoms with Crippen LogP contribution in [0.5, 0.6) is 0 Å². The number of para-hydroxylation sites is 2. The van der Waals surface area contributed by atoms with Crippen LogP contribution in [0.15, 0.2) is 29.4 Å². The van der Waals surface area contributed by atoms with Gasteiger partial charge in [-0.05, 0) is 19.1 Å². The molecule has 0 aliphatic heterocycles. The molecule has 0 aliphatic rings. The summed E-state index contributed by atoms with van der Waals surface area (Å²) >= 11 is 1.54. The molecule has 0 amide bonds. The molecular weight excluding hydrogens is 338 g/mol. The third kappa shape index (κ3) is 2.74. The maximum absolute atomic E-state index is 5.82. The molecule has 3 N–H and O–H groups in total. The number of benzene rings is 1. The number of nitrogens with one attached hydrogen (secondary N) is 1. The van der Waals surface area contributed by atoms with Crippen molar-refractivity contribution < 1.29 is 0 Å². The summed E-state index contributed by atoms with van der Waals surface area (Å²) < 4.78 is 1.99. The van der Waals surface area contributed by atoms with E-state index in [1.54, 1.807) is 4.90 Å². The van der Waals surface area contributed by atoms with E-state index in [4.69, 9.17) is 5.73 Å². The van der Waals surface area contributed by atoms with Gasteiger partial charge in [0, 0.05) is 14.1 Å². The first kappa shape index (κ1) is 15.6. The Labute approximate surface area is 147 Å². The maximum atomic E-state index is 5.82. The lowest BCUT2D eigenvalue weighted by atomic mass is 10.3. The van der Waals surface area contributed by atoms with Gasteiger partial charge in [-0.3, -0.25) is 4.40 Å². The summed E-state index contributed by atoms with van der Waals surface area (Å²) in [6, 6.07) is 7.94. The van der Waals surface area contributed by atoms with Crippen LogP contribution in [0.25, 0.3) is 16.8 Å². The predicted molar refractivity (Wildman–Crippen MR) is 97.7 cm³/mol. The topological polar surface area (TPSA) is 114 Å². The van der Waals surface area contributed by atoms with E-state index in [1.165, 1.54) is 11.8 Å². The second kappa shape index (κ2) is 5.88. The fraction of sp³-hybridized carbons (Fsp3) is 0.267. The molecule has 9 nitrogen and oxygen atoms in total. The van der Waals surface area contributed by atoms with Crippen LogP contribution in [0.1, 0.15) is 18.0 Å². The number of hydrogen-bond donors (Lipinski definition) is 2. The SMILES string of the molecule is CC(Sc1n[nH]c2nc3ccccc3n12)c1nc(N)nc(N(C)C)n1. The number of aromatic amines is 1. The van der Waals surface area contributed by atoms with Crippen molar-refractivity contribution in [2.75, 3.05) is 24.7 Å². The Balaban J connectivity index is 1.71. The van der Waals surface area contributed by atoms with Gasteiger partial charge in [0.15, 0.2) is 5.16 Å². The van der Waals surface area contributed by atoms with Crippen molar-refractivity contribution in [1.82, 2.24) is 34.5 Å². The van der Waals surface area contributed by atoms with Gasteiger partial charge in [0.25, 0.3) is 0 Å². The Bertz CT molecular complexity index is 1050. The average molecular weight is 355 g/mol. The Morgan fingerprint density at radius 2 is 1.96 bits per heavy atom. The van der Waals surface area contributed by atoms with Gasteiger partial charge >= 0.3 is 0 Å². The quantitative estimate of drug-likeness (QED) is 0.534. The summed E-state index contributed by atoms with van der Waals surface area (Å²) in [6.45, 7) is 2.01. The predicted octanol–water partition coefficient (Wildman–Crippen LogP) is 1.90. The van der Waals surface area contributed by atoms with Crippen LogP contribution in [0.3, 0.4) is 0 Å². The first-order valence-corrected chi connectivity index (χ1v) is 8.58. The zero-order valence-corrected chi connectivity index (χ0v) is 14.8. The van der Waals surface area contributed by atoms with E-state index in [2.05, 4.69) is 30.1 Å². The van der Waals surface area contributed by atoms with Crippen molar-refractivity contribution in [2.45, 2.75) is 17.3 Å². The number of rotatable bonds is 4. The summed E-state index contributed by atoms with van der Waals surface area (Å²) in [5.74, 6) is 2.07. The van der Waals surface area contributed by atoms with Crippen LogP contribution in [-0.2, 0) is 0 Å². The first-order chi connectivity index (χ1) is 12.0. The fourth-order valence-corrected chi connectivity index (χ4v) is 3.43. The maximum Gasteiger partial charge on any atom is 0.231 e. The highest BCUT2D eigenvalue weighted by molar-refractivity contribution is 7.99. The van der Waals surface area contributed by atoms with E-state index < -0.39 is 0 Å². The molecule has 0 bridgehead atoms. The second-order valence-corrected chi connectivity index (χ2v) is 7.08. The highest BCUT2D eigenvalue weighted by Crippen LogP contribution is 2.34. The van der Waals surface area contributed by atoms with Gasteiger partial charge in [-0.1, -0.05) is 23.9 Å². The zero-order valence-electron chi connectivity index (χ0n) is 14.0. The third-order valence-electron chi connectivity index (χ3n) is 3.71. The van der Waals surface area contributed by atoms with Crippen molar-refractivity contribution in [1.29, 1.82) is 0 Å². The number of anilines is 2. The molecule has 0 aliphatic carbocycles. The van der Waals surface area contributed by atoms with Crippen molar-refractivity contribution in [2.24, 2.45) is 0 Å². The smallest absolute Gasteiger partial charge is 0.231 e. The van der Waals surface area contributed by atoms with Crippen LogP contribution in [0.2, 0.25) is 0 Å². The minimum atomic E-state index is -0.0586. The van der Waals surface area contributed by atoms with Crippen molar-refractivity contribution in [3.63, 3.8) is 0 Å². The van der Waals surface area contributed by atoms with Crippen LogP contribution in [0, 0.1) is 0 Å². The number of nitrogen functional groups attached to an aromatic ring is 1. The summed E-state index contributed by atoms with van der Waals surface area (Å²) in [4.78, 5) is 19.2. The minimum absolute atomic E-state index is 0.0586. The molecule has 0 saturated heterocycles. The minimum Gasteiger partial charge on any atom is -0.368 e. The van der Waals surface area contributed by atoms with E-state index in [-0.39, 0.29) is 11.2 Å².